The molecule has 0 aliphatic heterocycles. The molecule has 1 heterocycles. The minimum absolute atomic E-state index is 0.302. The lowest BCUT2D eigenvalue weighted by atomic mass is 9.85. The van der Waals surface area contributed by atoms with E-state index in [-0.39, 0.29) is 0 Å². The third kappa shape index (κ3) is 4.43. The first-order valence-electron chi connectivity index (χ1n) is 7.13. The van der Waals surface area contributed by atoms with Crippen LogP contribution in [0, 0.1) is 12.3 Å². The number of nitrogens with one attached hydrogen (secondary N) is 1. The van der Waals surface area contributed by atoms with E-state index in [0.29, 0.717) is 11.5 Å². The monoisotopic (exact) mass is 288 g/mol. The van der Waals surface area contributed by atoms with Gasteiger partial charge in [0.05, 0.1) is 11.2 Å². The highest BCUT2D eigenvalue weighted by Gasteiger charge is 2.20. The molecule has 0 radical (unpaired) electrons. The zero-order valence-electron chi connectivity index (χ0n) is 12.8. The molecule has 3 heteroatoms. The van der Waals surface area contributed by atoms with Crippen molar-refractivity contribution in [2.75, 3.05) is 0 Å². The summed E-state index contributed by atoms with van der Waals surface area (Å²) in [7, 11) is 0. The number of benzene rings is 1. The molecule has 1 unspecified atom stereocenters. The van der Waals surface area contributed by atoms with Crippen molar-refractivity contribution in [2.24, 2.45) is 5.41 Å². The Morgan fingerprint density at radius 1 is 1.20 bits per heavy atom. The van der Waals surface area contributed by atoms with Crippen LogP contribution in [0.1, 0.15) is 49.4 Å². The van der Waals surface area contributed by atoms with Gasteiger partial charge < -0.3 is 5.32 Å². The second-order valence-corrected chi connectivity index (χ2v) is 7.41. The molecule has 1 aromatic carbocycles. The number of aryl methyl sites for hydroxylation is 1. The Kier molecular flexibility index (Phi) is 4.95. The fourth-order valence-corrected chi connectivity index (χ4v) is 3.05. The van der Waals surface area contributed by atoms with Crippen molar-refractivity contribution >= 4 is 11.3 Å². The van der Waals surface area contributed by atoms with Crippen molar-refractivity contribution in [2.45, 2.75) is 46.7 Å². The Morgan fingerprint density at radius 2 is 1.90 bits per heavy atom. The van der Waals surface area contributed by atoms with E-state index in [1.54, 1.807) is 11.3 Å². The normalized spacial score (nSPS) is 13.4. The van der Waals surface area contributed by atoms with Crippen LogP contribution in [0.15, 0.2) is 35.8 Å². The van der Waals surface area contributed by atoms with E-state index in [1.165, 1.54) is 10.4 Å². The first-order valence-corrected chi connectivity index (χ1v) is 8.01. The highest BCUT2D eigenvalue weighted by molar-refractivity contribution is 7.09. The molecule has 0 saturated carbocycles. The molecule has 0 amide bonds. The zero-order chi connectivity index (χ0) is 14.6. The molecule has 0 aliphatic carbocycles. The number of hydrogen-bond acceptors (Lipinski definition) is 3. The van der Waals surface area contributed by atoms with Crippen molar-refractivity contribution in [3.63, 3.8) is 0 Å². The van der Waals surface area contributed by atoms with Gasteiger partial charge in [0.1, 0.15) is 0 Å². The fourth-order valence-electron chi connectivity index (χ4n) is 2.32. The van der Waals surface area contributed by atoms with Crippen LogP contribution in [0.3, 0.4) is 0 Å². The van der Waals surface area contributed by atoms with Gasteiger partial charge in [0, 0.05) is 17.5 Å². The minimum atomic E-state index is 0.302. The Bertz CT molecular complexity index is 525. The summed E-state index contributed by atoms with van der Waals surface area (Å²) in [5, 5.41) is 3.71. The Balaban J connectivity index is 2.09. The third-order valence-electron chi connectivity index (χ3n) is 3.37. The van der Waals surface area contributed by atoms with Crippen molar-refractivity contribution in [3.05, 3.63) is 52.0 Å². The number of nitrogens with zero attached hydrogens (tertiary/aromatic N) is 1. The van der Waals surface area contributed by atoms with Gasteiger partial charge in [0.2, 0.25) is 0 Å². The third-order valence-corrected chi connectivity index (χ3v) is 4.31. The predicted octanol–water partition coefficient (Wildman–Crippen LogP) is 4.72. The van der Waals surface area contributed by atoms with Gasteiger partial charge in [-0.3, -0.25) is 0 Å². The summed E-state index contributed by atoms with van der Waals surface area (Å²) in [4.78, 5) is 5.65. The maximum absolute atomic E-state index is 4.32. The SMILES string of the molecule is Cc1ncsc1CNC(CC(C)(C)C)c1ccccc1. The average molecular weight is 288 g/mol. The van der Waals surface area contributed by atoms with Crippen molar-refractivity contribution in [3.8, 4) is 0 Å². The van der Waals surface area contributed by atoms with Crippen LogP contribution in [0.5, 0.6) is 0 Å². The molecule has 2 aromatic rings. The first-order chi connectivity index (χ1) is 9.46. The lowest BCUT2D eigenvalue weighted by molar-refractivity contribution is 0.310. The van der Waals surface area contributed by atoms with E-state index in [9.17, 15) is 0 Å². The highest BCUT2D eigenvalue weighted by atomic mass is 32.1. The summed E-state index contributed by atoms with van der Waals surface area (Å²) < 4.78 is 0. The largest absolute Gasteiger partial charge is 0.305 e. The quantitative estimate of drug-likeness (QED) is 0.861. The van der Waals surface area contributed by atoms with Crippen LogP contribution in [0.2, 0.25) is 0 Å². The number of rotatable bonds is 5. The molecule has 0 saturated heterocycles. The first kappa shape index (κ1) is 15.2. The van der Waals surface area contributed by atoms with E-state index in [1.807, 2.05) is 5.51 Å². The Labute approximate surface area is 126 Å². The number of hydrogen-bond donors (Lipinski definition) is 1. The maximum atomic E-state index is 4.32. The Hall–Kier alpha value is -1.19. The number of thiazole rings is 1. The second kappa shape index (κ2) is 6.51. The minimum Gasteiger partial charge on any atom is -0.305 e. The van der Waals surface area contributed by atoms with Crippen LogP contribution in [0.4, 0.5) is 0 Å². The van der Waals surface area contributed by atoms with Gasteiger partial charge in [-0.05, 0) is 24.3 Å². The van der Waals surface area contributed by atoms with Crippen molar-refractivity contribution < 1.29 is 0 Å². The fraction of sp³-hybridized carbons (Fsp3) is 0.471. The summed E-state index contributed by atoms with van der Waals surface area (Å²) in [5.41, 5.74) is 4.74. The van der Waals surface area contributed by atoms with Gasteiger partial charge in [-0.2, -0.15) is 0 Å². The van der Waals surface area contributed by atoms with Gasteiger partial charge in [0.25, 0.3) is 0 Å². The van der Waals surface area contributed by atoms with Gasteiger partial charge in [-0.15, -0.1) is 11.3 Å². The van der Waals surface area contributed by atoms with Gasteiger partial charge in [-0.1, -0.05) is 51.1 Å². The van der Waals surface area contributed by atoms with Crippen LogP contribution in [-0.2, 0) is 6.54 Å². The molecule has 2 rings (SSSR count). The summed E-state index contributed by atoms with van der Waals surface area (Å²) in [6.45, 7) is 9.86. The lowest BCUT2D eigenvalue weighted by Gasteiger charge is -2.27. The summed E-state index contributed by atoms with van der Waals surface area (Å²) >= 11 is 1.73. The van der Waals surface area contributed by atoms with Crippen molar-refractivity contribution in [1.82, 2.24) is 10.3 Å². The zero-order valence-corrected chi connectivity index (χ0v) is 13.6. The predicted molar refractivity (Wildman–Crippen MR) is 86.9 cm³/mol. The topological polar surface area (TPSA) is 24.9 Å². The lowest BCUT2D eigenvalue weighted by Crippen LogP contribution is -2.25. The average Bonchev–Trinajstić information content (AvgIpc) is 2.80. The van der Waals surface area contributed by atoms with E-state index in [4.69, 9.17) is 0 Å². The molecule has 1 N–H and O–H groups in total. The van der Waals surface area contributed by atoms with Crippen LogP contribution in [-0.4, -0.2) is 4.98 Å². The standard InChI is InChI=1S/C17H24N2S/c1-13-16(20-12-19-13)11-18-15(10-17(2,3)4)14-8-6-5-7-9-14/h5-9,12,15,18H,10-11H2,1-4H3. The molecule has 0 bridgehead atoms. The van der Waals surface area contributed by atoms with E-state index in [0.717, 1.165) is 18.7 Å². The van der Waals surface area contributed by atoms with Crippen LogP contribution in [0.25, 0.3) is 0 Å². The molecule has 20 heavy (non-hydrogen) atoms. The molecule has 0 fully saturated rings. The summed E-state index contributed by atoms with van der Waals surface area (Å²) in [6.07, 6.45) is 1.12. The molecular formula is C17H24N2S. The van der Waals surface area contributed by atoms with Gasteiger partial charge in [0.15, 0.2) is 0 Å². The second-order valence-electron chi connectivity index (χ2n) is 6.47. The maximum Gasteiger partial charge on any atom is 0.0798 e. The molecule has 0 spiro atoms. The van der Waals surface area contributed by atoms with Gasteiger partial charge in [-0.25, -0.2) is 4.98 Å². The van der Waals surface area contributed by atoms with E-state index >= 15 is 0 Å². The van der Waals surface area contributed by atoms with Gasteiger partial charge >= 0.3 is 0 Å². The molecule has 1 atom stereocenters. The molecular weight excluding hydrogens is 264 g/mol. The smallest absolute Gasteiger partial charge is 0.0798 e. The number of aromatic nitrogens is 1. The molecule has 0 aliphatic rings. The van der Waals surface area contributed by atoms with Crippen LogP contribution >= 0.6 is 11.3 Å². The van der Waals surface area contributed by atoms with Crippen LogP contribution < -0.4 is 5.32 Å². The highest BCUT2D eigenvalue weighted by Crippen LogP contribution is 2.29. The summed E-state index contributed by atoms with van der Waals surface area (Å²) in [6, 6.07) is 11.1. The van der Waals surface area contributed by atoms with Crippen molar-refractivity contribution in [1.29, 1.82) is 0 Å². The van der Waals surface area contributed by atoms with E-state index in [2.05, 4.69) is 68.3 Å². The molecule has 1 aromatic heterocycles. The molecule has 108 valence electrons. The molecule has 2 nitrogen and oxygen atoms in total. The summed E-state index contributed by atoms with van der Waals surface area (Å²) in [5.74, 6) is 0. The Morgan fingerprint density at radius 3 is 2.45 bits per heavy atom. The van der Waals surface area contributed by atoms with E-state index < -0.39 is 0 Å².